The van der Waals surface area contributed by atoms with Crippen molar-refractivity contribution in [2.75, 3.05) is 11.5 Å². The maximum Gasteiger partial charge on any atom is 0.416 e. The molecule has 0 amide bonds. The lowest BCUT2D eigenvalue weighted by Crippen LogP contribution is -2.04. The molecule has 2 aromatic rings. The minimum atomic E-state index is -4.30. The maximum atomic E-state index is 12.6. The molecule has 1 nitrogen and oxygen atoms in total. The van der Waals surface area contributed by atoms with E-state index in [-0.39, 0.29) is 5.75 Å². The van der Waals surface area contributed by atoms with Gasteiger partial charge in [0.25, 0.3) is 0 Å². The highest BCUT2D eigenvalue weighted by Crippen LogP contribution is 2.33. The van der Waals surface area contributed by atoms with E-state index in [0.29, 0.717) is 16.4 Å². The van der Waals surface area contributed by atoms with E-state index in [1.54, 1.807) is 18.2 Å². The number of hydrogen-bond donors (Lipinski definition) is 1. The lowest BCUT2D eigenvalue weighted by atomic mass is 10.2. The Hall–Kier alpha value is -1.27. The van der Waals surface area contributed by atoms with Crippen LogP contribution < -0.4 is 0 Å². The molecule has 0 aliphatic heterocycles. The van der Waals surface area contributed by atoms with Crippen molar-refractivity contribution < 1.29 is 18.3 Å². The molecule has 112 valence electrons. The van der Waals surface area contributed by atoms with Crippen molar-refractivity contribution in [3.8, 4) is 5.75 Å². The second-order valence-electron chi connectivity index (χ2n) is 4.19. The molecule has 0 spiro atoms. The molecule has 0 aliphatic rings. The average Bonchev–Trinajstić information content (AvgIpc) is 2.45. The van der Waals surface area contributed by atoms with Crippen LogP contribution in [0.4, 0.5) is 13.2 Å². The molecule has 0 fully saturated rings. The number of thioether (sulfide) groups is 2. The first kappa shape index (κ1) is 16.1. The highest BCUT2D eigenvalue weighted by molar-refractivity contribution is 8.03. The van der Waals surface area contributed by atoms with Crippen LogP contribution in [0.3, 0.4) is 0 Å². The summed E-state index contributed by atoms with van der Waals surface area (Å²) in [6, 6.07) is 12.3. The fraction of sp³-hybridized carbons (Fsp3) is 0.200. The van der Waals surface area contributed by atoms with E-state index < -0.39 is 11.7 Å². The van der Waals surface area contributed by atoms with E-state index in [0.717, 1.165) is 17.0 Å². The Bertz CT molecular complexity index is 599. The fourth-order valence-electron chi connectivity index (χ4n) is 1.65. The van der Waals surface area contributed by atoms with Gasteiger partial charge in [0.2, 0.25) is 0 Å². The molecule has 0 bridgehead atoms. The molecule has 0 heterocycles. The number of aromatic hydroxyl groups is 1. The summed E-state index contributed by atoms with van der Waals surface area (Å²) in [5.41, 5.74) is -0.624. The van der Waals surface area contributed by atoms with Gasteiger partial charge in [-0.15, -0.1) is 23.5 Å². The van der Waals surface area contributed by atoms with Crippen LogP contribution in [0.5, 0.6) is 5.75 Å². The van der Waals surface area contributed by atoms with E-state index in [1.807, 2.05) is 12.1 Å². The first-order valence-corrected chi connectivity index (χ1v) is 8.15. The van der Waals surface area contributed by atoms with Gasteiger partial charge in [-0.3, -0.25) is 0 Å². The second-order valence-corrected chi connectivity index (χ2v) is 6.50. The summed E-state index contributed by atoms with van der Waals surface area (Å²) in [6.45, 7) is 0. The van der Waals surface area contributed by atoms with Gasteiger partial charge < -0.3 is 5.11 Å². The molecular weight excluding hydrogens is 317 g/mol. The summed E-state index contributed by atoms with van der Waals surface area (Å²) >= 11 is 2.86. The number of rotatable bonds is 5. The third kappa shape index (κ3) is 4.89. The molecule has 0 saturated carbocycles. The largest absolute Gasteiger partial charge is 0.507 e. The van der Waals surface area contributed by atoms with E-state index in [2.05, 4.69) is 0 Å². The third-order valence-electron chi connectivity index (χ3n) is 2.64. The summed E-state index contributed by atoms with van der Waals surface area (Å²) in [5.74, 6) is 1.60. The predicted molar refractivity (Wildman–Crippen MR) is 81.0 cm³/mol. The Morgan fingerprint density at radius 1 is 0.905 bits per heavy atom. The number of halogens is 3. The zero-order valence-corrected chi connectivity index (χ0v) is 12.6. The highest BCUT2D eigenvalue weighted by Gasteiger charge is 2.30. The molecule has 0 radical (unpaired) electrons. The monoisotopic (exact) mass is 330 g/mol. The van der Waals surface area contributed by atoms with Gasteiger partial charge in [-0.05, 0) is 30.3 Å². The Labute approximate surface area is 129 Å². The molecule has 0 atom stereocenters. The van der Waals surface area contributed by atoms with Crippen LogP contribution in [0.1, 0.15) is 5.56 Å². The van der Waals surface area contributed by atoms with Crippen molar-refractivity contribution in [1.29, 1.82) is 0 Å². The minimum Gasteiger partial charge on any atom is -0.507 e. The molecule has 0 aliphatic carbocycles. The van der Waals surface area contributed by atoms with E-state index >= 15 is 0 Å². The Morgan fingerprint density at radius 2 is 1.62 bits per heavy atom. The van der Waals surface area contributed by atoms with Crippen molar-refractivity contribution in [3.63, 3.8) is 0 Å². The number of phenolic OH excluding ortho intramolecular Hbond substituents is 1. The van der Waals surface area contributed by atoms with Crippen LogP contribution in [-0.2, 0) is 6.18 Å². The van der Waals surface area contributed by atoms with Crippen LogP contribution in [0, 0.1) is 0 Å². The topological polar surface area (TPSA) is 20.2 Å². The van der Waals surface area contributed by atoms with Gasteiger partial charge in [-0.2, -0.15) is 13.2 Å². The Balaban J connectivity index is 1.85. The SMILES string of the molecule is Oc1ccccc1SCCSc1cccc(C(F)(F)F)c1. The number of benzene rings is 2. The average molecular weight is 330 g/mol. The lowest BCUT2D eigenvalue weighted by Gasteiger charge is -2.08. The summed E-state index contributed by atoms with van der Waals surface area (Å²) in [4.78, 5) is 1.38. The van der Waals surface area contributed by atoms with Gasteiger partial charge in [-0.1, -0.05) is 18.2 Å². The first-order chi connectivity index (χ1) is 9.97. The summed E-state index contributed by atoms with van der Waals surface area (Å²) in [7, 11) is 0. The number of alkyl halides is 3. The van der Waals surface area contributed by atoms with Gasteiger partial charge in [-0.25, -0.2) is 0 Å². The molecule has 21 heavy (non-hydrogen) atoms. The van der Waals surface area contributed by atoms with E-state index in [9.17, 15) is 18.3 Å². The van der Waals surface area contributed by atoms with Crippen molar-refractivity contribution in [2.45, 2.75) is 16.0 Å². The highest BCUT2D eigenvalue weighted by atomic mass is 32.2. The van der Waals surface area contributed by atoms with Crippen LogP contribution in [-0.4, -0.2) is 16.6 Å². The number of para-hydroxylation sites is 1. The summed E-state index contributed by atoms with van der Waals surface area (Å²) < 4.78 is 37.7. The standard InChI is InChI=1S/C15H13F3OS2/c16-15(17,18)11-4-3-5-12(10-11)20-8-9-21-14-7-2-1-6-13(14)19/h1-7,10,19H,8-9H2. The molecule has 2 aromatic carbocycles. The van der Waals surface area contributed by atoms with Gasteiger partial charge in [0.1, 0.15) is 5.75 Å². The summed E-state index contributed by atoms with van der Waals surface area (Å²) in [5, 5.41) is 9.60. The Kier molecular flexibility index (Phi) is 5.47. The predicted octanol–water partition coefficient (Wildman–Crippen LogP) is 5.30. The van der Waals surface area contributed by atoms with Crippen LogP contribution in [0.2, 0.25) is 0 Å². The normalized spacial score (nSPS) is 11.6. The molecule has 6 heteroatoms. The smallest absolute Gasteiger partial charge is 0.416 e. The molecule has 0 unspecified atom stereocenters. The van der Waals surface area contributed by atoms with Gasteiger partial charge in [0, 0.05) is 21.3 Å². The third-order valence-corrected chi connectivity index (χ3v) is 4.95. The maximum absolute atomic E-state index is 12.6. The van der Waals surface area contributed by atoms with Gasteiger partial charge in [0.15, 0.2) is 0 Å². The van der Waals surface area contributed by atoms with E-state index in [1.165, 1.54) is 29.6 Å². The van der Waals surface area contributed by atoms with E-state index in [4.69, 9.17) is 0 Å². The molecule has 0 saturated heterocycles. The van der Waals surface area contributed by atoms with Crippen molar-refractivity contribution in [1.82, 2.24) is 0 Å². The van der Waals surface area contributed by atoms with Gasteiger partial charge >= 0.3 is 6.18 Å². The van der Waals surface area contributed by atoms with Crippen LogP contribution in [0.25, 0.3) is 0 Å². The fourth-order valence-corrected chi connectivity index (χ4v) is 3.55. The zero-order valence-electron chi connectivity index (χ0n) is 10.9. The van der Waals surface area contributed by atoms with Crippen molar-refractivity contribution in [3.05, 3.63) is 54.1 Å². The number of phenols is 1. The van der Waals surface area contributed by atoms with Crippen molar-refractivity contribution >= 4 is 23.5 Å². The summed E-state index contributed by atoms with van der Waals surface area (Å²) in [6.07, 6.45) is -4.30. The Morgan fingerprint density at radius 3 is 2.33 bits per heavy atom. The molecule has 0 aromatic heterocycles. The second kappa shape index (κ2) is 7.13. The van der Waals surface area contributed by atoms with Gasteiger partial charge in [0.05, 0.1) is 5.56 Å². The number of hydrogen-bond acceptors (Lipinski definition) is 3. The van der Waals surface area contributed by atoms with Crippen LogP contribution >= 0.6 is 23.5 Å². The molecule has 1 N–H and O–H groups in total. The zero-order chi connectivity index (χ0) is 15.3. The quantitative estimate of drug-likeness (QED) is 0.594. The van der Waals surface area contributed by atoms with Crippen molar-refractivity contribution in [2.24, 2.45) is 0 Å². The minimum absolute atomic E-state index is 0.228. The first-order valence-electron chi connectivity index (χ1n) is 6.17. The molecular formula is C15H13F3OS2. The lowest BCUT2D eigenvalue weighted by molar-refractivity contribution is -0.137. The molecule has 2 rings (SSSR count). The van der Waals surface area contributed by atoms with Crippen LogP contribution in [0.15, 0.2) is 58.3 Å².